The quantitative estimate of drug-likeness (QED) is 0.700. The normalized spacial score (nSPS) is 23.0. The van der Waals surface area contributed by atoms with Crippen molar-refractivity contribution in [3.63, 3.8) is 0 Å². The highest BCUT2D eigenvalue weighted by molar-refractivity contribution is 6.07. The number of aromatic nitrogens is 1. The number of hydrogen-bond acceptors (Lipinski definition) is 5. The Morgan fingerprint density at radius 3 is 2.39 bits per heavy atom. The Labute approximate surface area is 194 Å². The first-order chi connectivity index (χ1) is 15.6. The van der Waals surface area contributed by atoms with Crippen LogP contribution in [0.5, 0.6) is 0 Å². The largest absolute Gasteiger partial charge is 0.353 e. The molecule has 2 N–H and O–H groups in total. The van der Waals surface area contributed by atoms with Crippen LogP contribution in [0.25, 0.3) is 0 Å². The van der Waals surface area contributed by atoms with Crippen LogP contribution in [-0.4, -0.2) is 53.4 Å². The van der Waals surface area contributed by atoms with Crippen LogP contribution in [0.1, 0.15) is 47.8 Å². The highest BCUT2D eigenvalue weighted by Gasteiger charge is 2.50. The number of urea groups is 1. The minimum atomic E-state index is -1.13. The van der Waals surface area contributed by atoms with E-state index < -0.39 is 11.6 Å². The zero-order chi connectivity index (χ0) is 23.9. The SMILES string of the molecule is Cc1cnc(N2CCN(C(=O)c3ccc(C4(C(C)C)NC(=O)NC4=O)cc3)C(C)C2)c(C)c1. The van der Waals surface area contributed by atoms with Crippen molar-refractivity contribution in [3.05, 3.63) is 58.8 Å². The first-order valence-electron chi connectivity index (χ1n) is 11.4. The van der Waals surface area contributed by atoms with Crippen LogP contribution in [0.15, 0.2) is 36.5 Å². The van der Waals surface area contributed by atoms with Gasteiger partial charge in [-0.1, -0.05) is 32.0 Å². The predicted octanol–water partition coefficient (Wildman–Crippen LogP) is 2.74. The van der Waals surface area contributed by atoms with Crippen LogP contribution < -0.4 is 15.5 Å². The number of amides is 4. The monoisotopic (exact) mass is 449 g/mol. The smallest absolute Gasteiger partial charge is 0.322 e. The van der Waals surface area contributed by atoms with E-state index in [1.54, 1.807) is 24.3 Å². The number of pyridine rings is 1. The van der Waals surface area contributed by atoms with E-state index >= 15 is 0 Å². The number of hydrogen-bond donors (Lipinski definition) is 2. The molecule has 0 radical (unpaired) electrons. The van der Waals surface area contributed by atoms with E-state index in [1.807, 2.05) is 38.8 Å². The molecule has 0 aliphatic carbocycles. The molecule has 1 aromatic carbocycles. The van der Waals surface area contributed by atoms with Gasteiger partial charge >= 0.3 is 6.03 Å². The Hall–Kier alpha value is -3.42. The minimum Gasteiger partial charge on any atom is -0.353 e. The molecule has 8 heteroatoms. The first kappa shape index (κ1) is 22.8. The van der Waals surface area contributed by atoms with Crippen molar-refractivity contribution in [3.8, 4) is 0 Å². The van der Waals surface area contributed by atoms with Crippen LogP contribution in [0.3, 0.4) is 0 Å². The fraction of sp³-hybridized carbons (Fsp3) is 0.440. The van der Waals surface area contributed by atoms with Crippen LogP contribution in [0, 0.1) is 19.8 Å². The molecule has 33 heavy (non-hydrogen) atoms. The molecule has 2 fully saturated rings. The fourth-order valence-corrected chi connectivity index (χ4v) is 4.94. The maximum atomic E-state index is 13.3. The Bertz CT molecular complexity index is 1100. The lowest BCUT2D eigenvalue weighted by Crippen LogP contribution is -2.54. The summed E-state index contributed by atoms with van der Waals surface area (Å²) >= 11 is 0. The van der Waals surface area contributed by atoms with Crippen molar-refractivity contribution in [2.24, 2.45) is 5.92 Å². The molecule has 3 heterocycles. The number of rotatable bonds is 4. The minimum absolute atomic E-state index is 0.0235. The number of piperazine rings is 1. The lowest BCUT2D eigenvalue weighted by atomic mass is 9.79. The molecular weight excluding hydrogens is 418 g/mol. The number of carbonyl (C=O) groups excluding carboxylic acids is 3. The van der Waals surface area contributed by atoms with Crippen molar-refractivity contribution in [2.45, 2.75) is 46.2 Å². The van der Waals surface area contributed by atoms with Gasteiger partial charge in [-0.2, -0.15) is 0 Å². The molecule has 174 valence electrons. The van der Waals surface area contributed by atoms with Gasteiger partial charge in [-0.3, -0.25) is 14.9 Å². The van der Waals surface area contributed by atoms with Crippen molar-refractivity contribution in [1.29, 1.82) is 0 Å². The molecule has 2 aliphatic heterocycles. The highest BCUT2D eigenvalue weighted by Crippen LogP contribution is 2.33. The van der Waals surface area contributed by atoms with Gasteiger partial charge in [-0.05, 0) is 55.5 Å². The maximum Gasteiger partial charge on any atom is 0.322 e. The number of nitrogens with one attached hydrogen (secondary N) is 2. The second-order valence-corrected chi connectivity index (χ2v) is 9.40. The van der Waals surface area contributed by atoms with Gasteiger partial charge in [0.2, 0.25) is 0 Å². The van der Waals surface area contributed by atoms with Gasteiger partial charge in [0, 0.05) is 37.4 Å². The average Bonchev–Trinajstić information content (AvgIpc) is 3.08. The summed E-state index contributed by atoms with van der Waals surface area (Å²) in [6, 6.07) is 8.66. The molecule has 0 bridgehead atoms. The zero-order valence-electron chi connectivity index (χ0n) is 19.8. The second kappa shape index (κ2) is 8.50. The van der Waals surface area contributed by atoms with Gasteiger partial charge in [0.1, 0.15) is 11.4 Å². The fourth-order valence-electron chi connectivity index (χ4n) is 4.94. The van der Waals surface area contributed by atoms with Crippen LogP contribution in [-0.2, 0) is 10.3 Å². The third-order valence-electron chi connectivity index (χ3n) is 6.72. The summed E-state index contributed by atoms with van der Waals surface area (Å²) in [6.07, 6.45) is 1.88. The van der Waals surface area contributed by atoms with Gasteiger partial charge in [0.15, 0.2) is 0 Å². The summed E-state index contributed by atoms with van der Waals surface area (Å²) in [6.45, 7) is 11.9. The molecule has 2 unspecified atom stereocenters. The lowest BCUT2D eigenvalue weighted by Gasteiger charge is -2.41. The van der Waals surface area contributed by atoms with Gasteiger partial charge in [-0.15, -0.1) is 0 Å². The standard InChI is InChI=1S/C25H31N5O3/c1-15(2)25(23(32)27-24(33)28-25)20-8-6-19(7-9-20)22(31)30-11-10-29(14-18(30)5)21-17(4)12-16(3)13-26-21/h6-9,12-13,15,18H,10-11,14H2,1-5H3,(H2,27,28,32,33). The lowest BCUT2D eigenvalue weighted by molar-refractivity contribution is -0.125. The second-order valence-electron chi connectivity index (χ2n) is 9.40. The predicted molar refractivity (Wildman–Crippen MR) is 126 cm³/mol. The van der Waals surface area contributed by atoms with Crippen molar-refractivity contribution >= 4 is 23.7 Å². The van der Waals surface area contributed by atoms with E-state index in [-0.39, 0.29) is 23.8 Å². The molecule has 0 spiro atoms. The summed E-state index contributed by atoms with van der Waals surface area (Å²) in [5.74, 6) is 0.407. The van der Waals surface area contributed by atoms with Gasteiger partial charge in [-0.25, -0.2) is 9.78 Å². The van der Waals surface area contributed by atoms with Crippen molar-refractivity contribution < 1.29 is 14.4 Å². The van der Waals surface area contributed by atoms with Gasteiger partial charge in [0.05, 0.1) is 0 Å². The third-order valence-corrected chi connectivity index (χ3v) is 6.72. The molecule has 8 nitrogen and oxygen atoms in total. The van der Waals surface area contributed by atoms with E-state index in [2.05, 4.69) is 33.5 Å². The highest BCUT2D eigenvalue weighted by atomic mass is 16.2. The Balaban J connectivity index is 1.50. The number of benzene rings is 1. The van der Waals surface area contributed by atoms with Gasteiger partial charge in [0.25, 0.3) is 11.8 Å². The molecule has 4 rings (SSSR count). The van der Waals surface area contributed by atoms with Crippen molar-refractivity contribution in [1.82, 2.24) is 20.5 Å². The number of anilines is 1. The van der Waals surface area contributed by atoms with E-state index in [9.17, 15) is 14.4 Å². The molecule has 2 aliphatic rings. The molecule has 0 saturated carbocycles. The first-order valence-corrected chi connectivity index (χ1v) is 11.4. The van der Waals surface area contributed by atoms with E-state index in [0.717, 1.165) is 16.9 Å². The summed E-state index contributed by atoms with van der Waals surface area (Å²) in [7, 11) is 0. The zero-order valence-corrected chi connectivity index (χ0v) is 19.8. The van der Waals surface area contributed by atoms with E-state index in [1.165, 1.54) is 0 Å². The topological polar surface area (TPSA) is 94.6 Å². The van der Waals surface area contributed by atoms with Crippen LogP contribution in [0.2, 0.25) is 0 Å². The molecular formula is C25H31N5O3. The maximum absolute atomic E-state index is 13.3. The number of aryl methyl sites for hydroxylation is 2. The number of imide groups is 1. The summed E-state index contributed by atoms with van der Waals surface area (Å²) in [5, 5.41) is 5.11. The van der Waals surface area contributed by atoms with Crippen molar-refractivity contribution in [2.75, 3.05) is 24.5 Å². The summed E-state index contributed by atoms with van der Waals surface area (Å²) in [5.41, 5.74) is 2.37. The number of nitrogens with zero attached hydrogens (tertiary/aromatic N) is 3. The summed E-state index contributed by atoms with van der Waals surface area (Å²) in [4.78, 5) is 46.4. The Kier molecular flexibility index (Phi) is 5.86. The van der Waals surface area contributed by atoms with Gasteiger partial charge < -0.3 is 15.1 Å². The molecule has 4 amide bonds. The number of carbonyl (C=O) groups is 3. The third kappa shape index (κ3) is 3.94. The summed E-state index contributed by atoms with van der Waals surface area (Å²) < 4.78 is 0. The van der Waals surface area contributed by atoms with Crippen LogP contribution in [0.4, 0.5) is 10.6 Å². The average molecular weight is 450 g/mol. The molecule has 2 atom stereocenters. The van der Waals surface area contributed by atoms with Crippen LogP contribution >= 0.6 is 0 Å². The Morgan fingerprint density at radius 2 is 1.85 bits per heavy atom. The van der Waals surface area contributed by atoms with E-state index in [4.69, 9.17) is 0 Å². The van der Waals surface area contributed by atoms with E-state index in [0.29, 0.717) is 30.8 Å². The molecule has 1 aromatic heterocycles. The molecule has 2 aromatic rings. The molecule has 2 saturated heterocycles. The Morgan fingerprint density at radius 1 is 1.15 bits per heavy atom.